The predicted molar refractivity (Wildman–Crippen MR) is 115 cm³/mol. The van der Waals surface area contributed by atoms with E-state index in [-0.39, 0.29) is 11.8 Å². The molecule has 1 fully saturated rings. The average molecular weight is 415 g/mol. The fourth-order valence-electron chi connectivity index (χ4n) is 3.74. The number of amides is 2. The third kappa shape index (κ3) is 5.78. The van der Waals surface area contributed by atoms with Crippen LogP contribution >= 0.6 is 11.6 Å². The molecule has 1 saturated carbocycles. The first-order valence-corrected chi connectivity index (χ1v) is 10.4. The topological polar surface area (TPSA) is 97.1 Å². The van der Waals surface area contributed by atoms with Gasteiger partial charge in [0.15, 0.2) is 0 Å². The fourth-order valence-corrected chi connectivity index (χ4v) is 3.86. The van der Waals surface area contributed by atoms with Crippen molar-refractivity contribution in [1.82, 2.24) is 10.3 Å². The Morgan fingerprint density at radius 2 is 1.90 bits per heavy atom. The van der Waals surface area contributed by atoms with Gasteiger partial charge in [-0.05, 0) is 74.4 Å². The van der Waals surface area contributed by atoms with Gasteiger partial charge in [-0.15, -0.1) is 0 Å². The predicted octanol–water partition coefficient (Wildman–Crippen LogP) is 3.79. The van der Waals surface area contributed by atoms with Crippen LogP contribution in [0.25, 0.3) is 0 Å². The van der Waals surface area contributed by atoms with Crippen LogP contribution in [0.3, 0.4) is 0 Å². The number of carbonyl (C=O) groups excluding carboxylic acids is 2. The molecule has 1 aliphatic carbocycles. The van der Waals surface area contributed by atoms with E-state index in [1.807, 2.05) is 13.0 Å². The number of pyridine rings is 1. The molecule has 4 N–H and O–H groups in total. The number of nitrogens with two attached hydrogens (primary N) is 1. The normalized spacial score (nSPS) is 18.9. The van der Waals surface area contributed by atoms with E-state index in [9.17, 15) is 9.59 Å². The van der Waals surface area contributed by atoms with Crippen LogP contribution in [0.15, 0.2) is 36.5 Å². The van der Waals surface area contributed by atoms with E-state index in [0.717, 1.165) is 18.4 Å². The number of aryl methyl sites for hydroxylation is 1. The first-order valence-electron chi connectivity index (χ1n) is 9.98. The van der Waals surface area contributed by atoms with Gasteiger partial charge in [0, 0.05) is 24.0 Å². The monoisotopic (exact) mass is 414 g/mol. The Hall–Kier alpha value is -2.44. The van der Waals surface area contributed by atoms with Crippen LogP contribution in [0.2, 0.25) is 5.15 Å². The van der Waals surface area contributed by atoms with Crippen LogP contribution in [-0.4, -0.2) is 29.9 Å². The van der Waals surface area contributed by atoms with Crippen molar-refractivity contribution in [2.45, 2.75) is 32.6 Å². The molecular formula is C22H27ClN4O2. The summed E-state index contributed by atoms with van der Waals surface area (Å²) in [5.74, 6) is 0.603. The van der Waals surface area contributed by atoms with E-state index in [1.165, 1.54) is 19.0 Å². The molecule has 2 amide bonds. The maximum absolute atomic E-state index is 12.6. The number of carbonyl (C=O) groups is 2. The lowest BCUT2D eigenvalue weighted by Crippen LogP contribution is -2.33. The molecule has 1 heterocycles. The van der Waals surface area contributed by atoms with Crippen LogP contribution in [0, 0.1) is 18.8 Å². The van der Waals surface area contributed by atoms with Gasteiger partial charge in [0.25, 0.3) is 11.8 Å². The van der Waals surface area contributed by atoms with E-state index >= 15 is 0 Å². The van der Waals surface area contributed by atoms with Gasteiger partial charge in [-0.2, -0.15) is 0 Å². The Morgan fingerprint density at radius 3 is 2.62 bits per heavy atom. The van der Waals surface area contributed by atoms with Crippen molar-refractivity contribution in [3.05, 3.63) is 58.4 Å². The van der Waals surface area contributed by atoms with Crippen molar-refractivity contribution in [3.63, 3.8) is 0 Å². The minimum atomic E-state index is -0.301. The molecule has 0 spiro atoms. The Bertz CT molecular complexity index is 870. The van der Waals surface area contributed by atoms with E-state index in [2.05, 4.69) is 15.6 Å². The van der Waals surface area contributed by atoms with E-state index in [4.69, 9.17) is 17.3 Å². The molecule has 2 aromatic rings. The molecule has 29 heavy (non-hydrogen) atoms. The zero-order valence-electron chi connectivity index (χ0n) is 16.6. The van der Waals surface area contributed by atoms with Gasteiger partial charge in [0.05, 0.1) is 5.56 Å². The van der Waals surface area contributed by atoms with Gasteiger partial charge < -0.3 is 16.4 Å². The smallest absolute Gasteiger partial charge is 0.257 e. The molecule has 1 aromatic carbocycles. The molecule has 1 aliphatic rings. The molecule has 1 aromatic heterocycles. The molecule has 2 atom stereocenters. The standard InChI is InChI=1S/C22H27ClN4O2/c1-14-5-6-17(21(28)26-12-16-4-2-3-15(9-16)11-24)10-19(14)27-22(29)18-7-8-20(23)25-13-18/h5-8,10,13,15-16H,2-4,9,11-12,24H2,1H3,(H,26,28)(H,27,29). The minimum absolute atomic E-state index is 0.136. The van der Waals surface area contributed by atoms with Gasteiger partial charge >= 0.3 is 0 Å². The van der Waals surface area contributed by atoms with E-state index in [0.29, 0.717) is 46.9 Å². The second kappa shape index (κ2) is 9.85. The molecule has 7 heteroatoms. The van der Waals surface area contributed by atoms with E-state index in [1.54, 1.807) is 24.3 Å². The summed E-state index contributed by atoms with van der Waals surface area (Å²) in [6.07, 6.45) is 5.97. The molecule has 2 unspecified atom stereocenters. The van der Waals surface area contributed by atoms with Gasteiger partial charge in [0.1, 0.15) is 5.15 Å². The van der Waals surface area contributed by atoms with Gasteiger partial charge in [-0.25, -0.2) is 4.98 Å². The summed E-state index contributed by atoms with van der Waals surface area (Å²) in [4.78, 5) is 29.0. The lowest BCUT2D eigenvalue weighted by atomic mass is 9.81. The highest BCUT2D eigenvalue weighted by molar-refractivity contribution is 6.29. The number of halogens is 1. The van der Waals surface area contributed by atoms with Crippen molar-refractivity contribution in [3.8, 4) is 0 Å². The zero-order chi connectivity index (χ0) is 20.8. The molecule has 0 radical (unpaired) electrons. The largest absolute Gasteiger partial charge is 0.352 e. The third-order valence-electron chi connectivity index (χ3n) is 5.51. The van der Waals surface area contributed by atoms with Gasteiger partial charge in [0.2, 0.25) is 0 Å². The average Bonchev–Trinajstić information content (AvgIpc) is 2.74. The number of aromatic nitrogens is 1. The van der Waals surface area contributed by atoms with Crippen LogP contribution in [0.5, 0.6) is 0 Å². The van der Waals surface area contributed by atoms with Crippen molar-refractivity contribution in [1.29, 1.82) is 0 Å². The number of benzene rings is 1. The summed E-state index contributed by atoms with van der Waals surface area (Å²) in [5.41, 5.74) is 8.18. The van der Waals surface area contributed by atoms with Gasteiger partial charge in [-0.3, -0.25) is 9.59 Å². The molecule has 154 valence electrons. The summed E-state index contributed by atoms with van der Waals surface area (Å²) in [6, 6.07) is 8.47. The summed E-state index contributed by atoms with van der Waals surface area (Å²) in [6.45, 7) is 3.25. The second-order valence-electron chi connectivity index (χ2n) is 7.70. The molecule has 0 aliphatic heterocycles. The minimum Gasteiger partial charge on any atom is -0.352 e. The highest BCUT2D eigenvalue weighted by Crippen LogP contribution is 2.28. The summed E-state index contributed by atoms with van der Waals surface area (Å²) in [7, 11) is 0. The highest BCUT2D eigenvalue weighted by Gasteiger charge is 2.21. The number of nitrogens with zero attached hydrogens (tertiary/aromatic N) is 1. The van der Waals surface area contributed by atoms with Crippen LogP contribution in [-0.2, 0) is 0 Å². The Morgan fingerprint density at radius 1 is 1.14 bits per heavy atom. The number of hydrogen-bond donors (Lipinski definition) is 3. The number of hydrogen-bond acceptors (Lipinski definition) is 4. The van der Waals surface area contributed by atoms with Crippen molar-refractivity contribution >= 4 is 29.1 Å². The number of nitrogens with one attached hydrogen (secondary N) is 2. The van der Waals surface area contributed by atoms with Crippen molar-refractivity contribution in [2.24, 2.45) is 17.6 Å². The lowest BCUT2D eigenvalue weighted by Gasteiger charge is -2.28. The van der Waals surface area contributed by atoms with Crippen molar-refractivity contribution in [2.75, 3.05) is 18.4 Å². The Kier molecular flexibility index (Phi) is 7.23. The second-order valence-corrected chi connectivity index (χ2v) is 8.09. The molecule has 0 saturated heterocycles. The Labute approximate surface area is 176 Å². The van der Waals surface area contributed by atoms with Crippen LogP contribution in [0.1, 0.15) is 52.0 Å². The molecule has 6 nitrogen and oxygen atoms in total. The summed E-state index contributed by atoms with van der Waals surface area (Å²) >= 11 is 5.77. The first kappa shape index (κ1) is 21.3. The highest BCUT2D eigenvalue weighted by atomic mass is 35.5. The van der Waals surface area contributed by atoms with Gasteiger partial charge in [-0.1, -0.05) is 24.1 Å². The zero-order valence-corrected chi connectivity index (χ0v) is 17.3. The first-order chi connectivity index (χ1) is 14.0. The Balaban J connectivity index is 1.62. The summed E-state index contributed by atoms with van der Waals surface area (Å²) in [5, 5.41) is 6.20. The van der Waals surface area contributed by atoms with E-state index < -0.39 is 0 Å². The lowest BCUT2D eigenvalue weighted by molar-refractivity contribution is 0.0939. The molecule has 0 bridgehead atoms. The molecular weight excluding hydrogens is 388 g/mol. The number of anilines is 1. The summed E-state index contributed by atoms with van der Waals surface area (Å²) < 4.78 is 0. The van der Waals surface area contributed by atoms with Crippen molar-refractivity contribution < 1.29 is 9.59 Å². The maximum atomic E-state index is 12.6. The maximum Gasteiger partial charge on any atom is 0.257 e. The SMILES string of the molecule is Cc1ccc(C(=O)NCC2CCCC(CN)C2)cc1NC(=O)c1ccc(Cl)nc1. The molecule has 3 rings (SSSR count). The third-order valence-corrected chi connectivity index (χ3v) is 5.74. The van der Waals surface area contributed by atoms with Crippen LogP contribution < -0.4 is 16.4 Å². The van der Waals surface area contributed by atoms with Crippen LogP contribution in [0.4, 0.5) is 5.69 Å². The number of rotatable bonds is 6. The fraction of sp³-hybridized carbons (Fsp3) is 0.409. The quantitative estimate of drug-likeness (QED) is 0.626.